The minimum absolute atomic E-state index is 0. The Balaban J connectivity index is 0.00000650. The molecular formula is C31H36ClF9N6O2. The number of rotatable bonds is 10. The predicted molar refractivity (Wildman–Crippen MR) is 164 cm³/mol. The number of hydrogen-bond acceptors (Lipinski definition) is 7. The second-order valence-electron chi connectivity index (χ2n) is 11.9. The van der Waals surface area contributed by atoms with Crippen LogP contribution >= 0.6 is 12.4 Å². The summed E-state index contributed by atoms with van der Waals surface area (Å²) in [4.78, 5) is 15.5. The van der Waals surface area contributed by atoms with Gasteiger partial charge >= 0.3 is 24.5 Å². The van der Waals surface area contributed by atoms with Crippen molar-refractivity contribution in [3.63, 3.8) is 0 Å². The monoisotopic (exact) mass is 730 g/mol. The Morgan fingerprint density at radius 2 is 1.47 bits per heavy atom. The molecule has 1 saturated carbocycles. The van der Waals surface area contributed by atoms with Crippen molar-refractivity contribution in [1.82, 2.24) is 20.2 Å². The summed E-state index contributed by atoms with van der Waals surface area (Å²) in [5, 5.41) is 11.7. The number of halogens is 10. The summed E-state index contributed by atoms with van der Waals surface area (Å²) in [7, 11) is 1.41. The van der Waals surface area contributed by atoms with Gasteiger partial charge in [0.2, 0.25) is 0 Å². The zero-order chi connectivity index (χ0) is 35.6. The minimum atomic E-state index is -5.08. The molecule has 1 aliphatic rings. The number of carbonyl (C=O) groups is 1. The van der Waals surface area contributed by atoms with Crippen molar-refractivity contribution in [2.45, 2.75) is 84.2 Å². The number of tetrazole rings is 1. The molecule has 0 atom stereocenters. The molecule has 1 aliphatic carbocycles. The molecule has 1 fully saturated rings. The van der Waals surface area contributed by atoms with Gasteiger partial charge in [-0.15, -0.1) is 17.5 Å². The molecule has 0 unspecified atom stereocenters. The van der Waals surface area contributed by atoms with Gasteiger partial charge in [-0.1, -0.05) is 11.2 Å². The number of anilines is 2. The summed E-state index contributed by atoms with van der Waals surface area (Å²) in [6.07, 6.45) is -12.6. The molecule has 0 amide bonds. The molecule has 2 aromatic carbocycles. The number of benzene rings is 2. The molecule has 1 heterocycles. The minimum Gasteiger partial charge on any atom is -0.463 e. The van der Waals surface area contributed by atoms with E-state index in [1.54, 1.807) is 11.8 Å². The highest BCUT2D eigenvalue weighted by atomic mass is 35.5. The molecule has 8 nitrogen and oxygen atoms in total. The average molecular weight is 731 g/mol. The molecule has 3 aromatic rings. The van der Waals surface area contributed by atoms with Crippen LogP contribution in [0.5, 0.6) is 0 Å². The van der Waals surface area contributed by atoms with E-state index in [4.69, 9.17) is 4.74 Å². The van der Waals surface area contributed by atoms with Crippen LogP contribution < -0.4 is 9.80 Å². The molecule has 0 saturated heterocycles. The topological polar surface area (TPSA) is 76.4 Å². The van der Waals surface area contributed by atoms with Crippen LogP contribution in [0.15, 0.2) is 30.3 Å². The quantitative estimate of drug-likeness (QED) is 0.154. The van der Waals surface area contributed by atoms with Gasteiger partial charge in [-0.2, -0.15) is 44.3 Å². The molecule has 0 N–H and O–H groups in total. The van der Waals surface area contributed by atoms with Crippen LogP contribution in [0.2, 0.25) is 0 Å². The van der Waals surface area contributed by atoms with Gasteiger partial charge in [0.05, 0.1) is 23.7 Å². The van der Waals surface area contributed by atoms with E-state index in [1.807, 2.05) is 0 Å². The van der Waals surface area contributed by atoms with E-state index in [9.17, 15) is 44.3 Å². The Kier molecular flexibility index (Phi) is 12.5. The Bertz CT molecular complexity index is 1550. The number of esters is 1. The van der Waals surface area contributed by atoms with Crippen LogP contribution in [0, 0.1) is 12.8 Å². The average Bonchev–Trinajstić information content (AvgIpc) is 3.41. The predicted octanol–water partition coefficient (Wildman–Crippen LogP) is 8.15. The number of ether oxygens (including phenoxy) is 1. The van der Waals surface area contributed by atoms with Gasteiger partial charge < -0.3 is 14.5 Å². The van der Waals surface area contributed by atoms with Gasteiger partial charge in [0.1, 0.15) is 6.10 Å². The van der Waals surface area contributed by atoms with E-state index in [-0.39, 0.29) is 65.8 Å². The van der Waals surface area contributed by atoms with Gasteiger partial charge in [-0.05, 0) is 91.6 Å². The van der Waals surface area contributed by atoms with Gasteiger partial charge in [0.25, 0.3) is 5.95 Å². The molecule has 0 spiro atoms. The lowest BCUT2D eigenvalue weighted by molar-refractivity contribution is -0.148. The van der Waals surface area contributed by atoms with Crippen LogP contribution in [-0.2, 0) is 48.2 Å². The van der Waals surface area contributed by atoms with Crippen LogP contribution in [0.3, 0.4) is 0 Å². The molecule has 4 rings (SSSR count). The Hall–Kier alpha value is -3.76. The van der Waals surface area contributed by atoms with Crippen LogP contribution in [-0.4, -0.2) is 45.4 Å². The molecule has 0 radical (unpaired) electrons. The first-order valence-corrected chi connectivity index (χ1v) is 15.1. The van der Waals surface area contributed by atoms with E-state index in [0.717, 1.165) is 10.9 Å². The molecule has 49 heavy (non-hydrogen) atoms. The van der Waals surface area contributed by atoms with Crippen LogP contribution in [0.4, 0.5) is 51.1 Å². The molecule has 0 bridgehead atoms. The smallest absolute Gasteiger partial charge is 0.416 e. The molecule has 272 valence electrons. The van der Waals surface area contributed by atoms with E-state index in [2.05, 4.69) is 15.4 Å². The Labute approximate surface area is 283 Å². The number of hydrogen-bond donors (Lipinski definition) is 0. The first-order chi connectivity index (χ1) is 22.2. The normalized spacial score (nSPS) is 17.0. The fraction of sp³-hybridized carbons (Fsp3) is 0.548. The van der Waals surface area contributed by atoms with Crippen molar-refractivity contribution in [1.29, 1.82) is 0 Å². The molecular weight excluding hydrogens is 695 g/mol. The fourth-order valence-electron chi connectivity index (χ4n) is 5.99. The zero-order valence-corrected chi connectivity index (χ0v) is 27.8. The van der Waals surface area contributed by atoms with E-state index in [0.29, 0.717) is 56.5 Å². The first kappa shape index (κ1) is 39.7. The number of carbonyl (C=O) groups excluding carboxylic acids is 1. The third kappa shape index (κ3) is 10.4. The van der Waals surface area contributed by atoms with Crippen molar-refractivity contribution in [2.24, 2.45) is 13.0 Å². The summed E-state index contributed by atoms with van der Waals surface area (Å²) >= 11 is 0. The number of alkyl halides is 9. The van der Waals surface area contributed by atoms with E-state index >= 15 is 0 Å². The largest absolute Gasteiger partial charge is 0.463 e. The number of nitrogens with zero attached hydrogens (tertiary/aromatic N) is 6. The maximum Gasteiger partial charge on any atom is 0.416 e. The zero-order valence-electron chi connectivity index (χ0n) is 27.0. The summed E-state index contributed by atoms with van der Waals surface area (Å²) in [5.41, 5.74) is -3.86. The second-order valence-corrected chi connectivity index (χ2v) is 11.9. The van der Waals surface area contributed by atoms with E-state index < -0.39 is 41.8 Å². The van der Waals surface area contributed by atoms with Gasteiger partial charge in [0.15, 0.2) is 0 Å². The number of aryl methyl sites for hydroxylation is 2. The molecule has 1 aromatic heterocycles. The maximum atomic E-state index is 14.1. The standard InChI is InChI=1S/C31H35F9N6O2.ClH/c1-5-45(15-20-6-8-25(9-7-20)48-19(3)47)27-14-26(31(38,39)40)18(2)10-22(27)17-46(28-41-43-44(4)42-28)16-21-11-23(29(32,33)34)13-24(12-21)30(35,36)37;/h10-14,20,25H,5-9,15-17H2,1-4H3;1H. The van der Waals surface area contributed by atoms with Crippen molar-refractivity contribution in [3.05, 3.63) is 63.7 Å². The lowest BCUT2D eigenvalue weighted by atomic mass is 9.86. The lowest BCUT2D eigenvalue weighted by Crippen LogP contribution is -2.35. The first-order valence-electron chi connectivity index (χ1n) is 15.1. The van der Waals surface area contributed by atoms with E-state index in [1.165, 1.54) is 31.9 Å². The fourth-order valence-corrected chi connectivity index (χ4v) is 5.99. The highest BCUT2D eigenvalue weighted by Gasteiger charge is 2.38. The van der Waals surface area contributed by atoms with Gasteiger partial charge in [-0.3, -0.25) is 4.79 Å². The third-order valence-electron chi connectivity index (χ3n) is 8.22. The summed E-state index contributed by atoms with van der Waals surface area (Å²) in [6.45, 7) is 4.20. The van der Waals surface area contributed by atoms with Crippen molar-refractivity contribution in [2.75, 3.05) is 22.9 Å². The Morgan fingerprint density at radius 1 is 0.878 bits per heavy atom. The van der Waals surface area contributed by atoms with Crippen molar-refractivity contribution >= 4 is 30.0 Å². The van der Waals surface area contributed by atoms with Gasteiger partial charge in [0, 0.05) is 38.8 Å². The molecule has 0 aliphatic heterocycles. The number of aromatic nitrogens is 4. The second kappa shape index (κ2) is 15.4. The highest BCUT2D eigenvalue weighted by Crippen LogP contribution is 2.40. The third-order valence-corrected chi connectivity index (χ3v) is 8.22. The Morgan fingerprint density at radius 3 is 1.94 bits per heavy atom. The van der Waals surface area contributed by atoms with Crippen LogP contribution in [0.1, 0.15) is 72.9 Å². The lowest BCUT2D eigenvalue weighted by Gasteiger charge is -2.35. The SMILES string of the molecule is CCN(CC1CCC(OC(C)=O)CC1)c1cc(C(F)(F)F)c(C)cc1CN(Cc1cc(C(F)(F)F)cc(C(F)(F)F)c1)c1nnn(C)n1.Cl. The summed E-state index contributed by atoms with van der Waals surface area (Å²) < 4.78 is 130. The van der Waals surface area contributed by atoms with Crippen LogP contribution in [0.25, 0.3) is 0 Å². The molecule has 18 heteroatoms. The van der Waals surface area contributed by atoms with Crippen molar-refractivity contribution in [3.8, 4) is 0 Å². The maximum absolute atomic E-state index is 14.1. The van der Waals surface area contributed by atoms with Gasteiger partial charge in [-0.25, -0.2) is 0 Å². The summed E-state index contributed by atoms with van der Waals surface area (Å²) in [5.74, 6) is -0.484. The van der Waals surface area contributed by atoms with Crippen molar-refractivity contribution < 1.29 is 49.0 Å². The highest BCUT2D eigenvalue weighted by molar-refractivity contribution is 5.85. The summed E-state index contributed by atoms with van der Waals surface area (Å²) in [6, 6.07) is 3.52.